The topological polar surface area (TPSA) is 58.1 Å². The van der Waals surface area contributed by atoms with E-state index >= 15 is 0 Å². The van der Waals surface area contributed by atoms with Crippen LogP contribution in [0.1, 0.15) is 10.4 Å². The summed E-state index contributed by atoms with van der Waals surface area (Å²) in [4.78, 5) is 23.6. The largest absolute Gasteiger partial charge is 0.351 e. The van der Waals surface area contributed by atoms with Gasteiger partial charge in [-0.25, -0.2) is 9.97 Å². The Kier molecular flexibility index (Phi) is 4.41. The molecule has 0 bridgehead atoms. The molecule has 3 aromatic rings. The quantitative estimate of drug-likeness (QED) is 0.748. The molecule has 1 amide bonds. The summed E-state index contributed by atoms with van der Waals surface area (Å²) >= 11 is 6.15. The van der Waals surface area contributed by atoms with Crippen LogP contribution >= 0.6 is 11.6 Å². The standard InChI is InChI=1S/C17H17ClN4O/c1-22(2)8-7-19-17(23)12-9-11(18)10-15-16(12)21-14-6-4-3-5-13(14)20-15/h3-6,9-10H,7-8H2,1-2H3,(H,19,23). The van der Waals surface area contributed by atoms with Crippen LogP contribution < -0.4 is 5.32 Å². The fraction of sp³-hybridized carbons (Fsp3) is 0.235. The number of hydrogen-bond acceptors (Lipinski definition) is 4. The number of rotatable bonds is 4. The fourth-order valence-electron chi connectivity index (χ4n) is 2.35. The summed E-state index contributed by atoms with van der Waals surface area (Å²) in [6, 6.07) is 10.9. The van der Waals surface area contributed by atoms with E-state index in [1.165, 1.54) is 0 Å². The Labute approximate surface area is 139 Å². The Bertz CT molecular complexity index is 879. The number of likely N-dealkylation sites (N-methyl/N-ethyl adjacent to an activating group) is 1. The molecule has 0 fully saturated rings. The molecule has 0 atom stereocenters. The van der Waals surface area contributed by atoms with Gasteiger partial charge in [-0.15, -0.1) is 0 Å². The SMILES string of the molecule is CN(C)CCNC(=O)c1cc(Cl)cc2nc3ccccc3nc12. The molecule has 1 aromatic heterocycles. The van der Waals surface area contributed by atoms with Gasteiger partial charge in [-0.1, -0.05) is 23.7 Å². The first kappa shape index (κ1) is 15.6. The summed E-state index contributed by atoms with van der Waals surface area (Å²) in [5, 5.41) is 3.36. The van der Waals surface area contributed by atoms with Crippen LogP contribution in [0.4, 0.5) is 0 Å². The van der Waals surface area contributed by atoms with Crippen LogP contribution in [0.2, 0.25) is 5.02 Å². The number of halogens is 1. The van der Waals surface area contributed by atoms with Crippen LogP contribution in [-0.2, 0) is 0 Å². The normalized spacial score (nSPS) is 11.3. The van der Waals surface area contributed by atoms with Gasteiger partial charge in [0.15, 0.2) is 0 Å². The molecule has 2 aromatic carbocycles. The number of nitrogens with zero attached hydrogens (tertiary/aromatic N) is 3. The van der Waals surface area contributed by atoms with E-state index in [2.05, 4.69) is 15.3 Å². The molecule has 0 spiro atoms. The van der Waals surface area contributed by atoms with Gasteiger partial charge >= 0.3 is 0 Å². The lowest BCUT2D eigenvalue weighted by Crippen LogP contribution is -2.31. The Morgan fingerprint density at radius 3 is 2.52 bits per heavy atom. The minimum absolute atomic E-state index is 0.191. The van der Waals surface area contributed by atoms with Crippen LogP contribution in [0, 0.1) is 0 Å². The summed E-state index contributed by atoms with van der Waals surface area (Å²) in [5.74, 6) is -0.191. The highest BCUT2D eigenvalue weighted by Crippen LogP contribution is 2.23. The van der Waals surface area contributed by atoms with Crippen molar-refractivity contribution in [3.8, 4) is 0 Å². The number of aromatic nitrogens is 2. The molecule has 1 N–H and O–H groups in total. The van der Waals surface area contributed by atoms with Gasteiger partial charge < -0.3 is 10.2 Å². The Balaban J connectivity index is 2.04. The van der Waals surface area contributed by atoms with Crippen molar-refractivity contribution < 1.29 is 4.79 Å². The number of fused-ring (bicyclic) bond motifs is 2. The number of nitrogens with one attached hydrogen (secondary N) is 1. The van der Waals surface area contributed by atoms with E-state index in [4.69, 9.17) is 11.6 Å². The van der Waals surface area contributed by atoms with Crippen LogP contribution in [0.15, 0.2) is 36.4 Å². The molecule has 0 saturated carbocycles. The van der Waals surface area contributed by atoms with E-state index in [0.29, 0.717) is 28.2 Å². The van der Waals surface area contributed by atoms with Crippen molar-refractivity contribution in [3.63, 3.8) is 0 Å². The number of carbonyl (C=O) groups is 1. The smallest absolute Gasteiger partial charge is 0.253 e. The first-order valence-electron chi connectivity index (χ1n) is 7.33. The Morgan fingerprint density at radius 2 is 1.83 bits per heavy atom. The summed E-state index contributed by atoms with van der Waals surface area (Å²) in [7, 11) is 3.91. The zero-order chi connectivity index (χ0) is 16.4. The van der Waals surface area contributed by atoms with E-state index < -0.39 is 0 Å². The third-order valence-electron chi connectivity index (χ3n) is 3.50. The number of para-hydroxylation sites is 2. The van der Waals surface area contributed by atoms with Gasteiger partial charge in [-0.05, 0) is 38.4 Å². The maximum Gasteiger partial charge on any atom is 0.253 e. The van der Waals surface area contributed by atoms with Gasteiger partial charge in [0.05, 0.1) is 22.1 Å². The Morgan fingerprint density at radius 1 is 1.13 bits per heavy atom. The van der Waals surface area contributed by atoms with Crippen molar-refractivity contribution in [3.05, 3.63) is 47.0 Å². The highest BCUT2D eigenvalue weighted by atomic mass is 35.5. The molecule has 0 aliphatic rings. The average Bonchev–Trinajstić information content (AvgIpc) is 2.51. The number of benzene rings is 2. The molecule has 0 unspecified atom stereocenters. The monoisotopic (exact) mass is 328 g/mol. The minimum Gasteiger partial charge on any atom is -0.351 e. The van der Waals surface area contributed by atoms with Gasteiger partial charge in [0.1, 0.15) is 5.52 Å². The third kappa shape index (κ3) is 3.41. The number of hydrogen-bond donors (Lipinski definition) is 1. The van der Waals surface area contributed by atoms with Crippen LogP contribution in [0.25, 0.3) is 22.1 Å². The first-order chi connectivity index (χ1) is 11.0. The summed E-state index contributed by atoms with van der Waals surface area (Å²) < 4.78 is 0. The van der Waals surface area contributed by atoms with Crippen molar-refractivity contribution in [1.29, 1.82) is 0 Å². The van der Waals surface area contributed by atoms with Crippen LogP contribution in [0.5, 0.6) is 0 Å². The molecule has 1 heterocycles. The minimum atomic E-state index is -0.191. The van der Waals surface area contributed by atoms with Crippen molar-refractivity contribution in [2.45, 2.75) is 0 Å². The maximum atomic E-state index is 12.5. The van der Waals surface area contributed by atoms with Crippen molar-refractivity contribution in [1.82, 2.24) is 20.2 Å². The lowest BCUT2D eigenvalue weighted by Gasteiger charge is -2.12. The van der Waals surface area contributed by atoms with E-state index in [9.17, 15) is 4.79 Å². The van der Waals surface area contributed by atoms with E-state index in [-0.39, 0.29) is 5.91 Å². The molecule has 0 saturated heterocycles. The lowest BCUT2D eigenvalue weighted by atomic mass is 10.1. The molecule has 0 radical (unpaired) electrons. The zero-order valence-electron chi connectivity index (χ0n) is 13.0. The second-order valence-corrected chi connectivity index (χ2v) is 6.03. The van der Waals surface area contributed by atoms with Crippen molar-refractivity contribution in [2.75, 3.05) is 27.2 Å². The molecule has 118 valence electrons. The molecule has 23 heavy (non-hydrogen) atoms. The van der Waals surface area contributed by atoms with Crippen molar-refractivity contribution in [2.24, 2.45) is 0 Å². The summed E-state index contributed by atoms with van der Waals surface area (Å²) in [5.41, 5.74) is 3.17. The highest BCUT2D eigenvalue weighted by Gasteiger charge is 2.14. The van der Waals surface area contributed by atoms with E-state index in [0.717, 1.165) is 17.6 Å². The maximum absolute atomic E-state index is 12.5. The van der Waals surface area contributed by atoms with Gasteiger partial charge in [0.2, 0.25) is 0 Å². The summed E-state index contributed by atoms with van der Waals surface area (Å²) in [6.07, 6.45) is 0. The molecule has 0 aliphatic heterocycles. The van der Waals surface area contributed by atoms with Gasteiger partial charge in [0.25, 0.3) is 5.91 Å². The first-order valence-corrected chi connectivity index (χ1v) is 7.71. The zero-order valence-corrected chi connectivity index (χ0v) is 13.8. The van der Waals surface area contributed by atoms with Gasteiger partial charge in [0, 0.05) is 18.1 Å². The predicted molar refractivity (Wildman–Crippen MR) is 92.9 cm³/mol. The number of carbonyl (C=O) groups excluding carboxylic acids is 1. The fourth-order valence-corrected chi connectivity index (χ4v) is 2.56. The van der Waals surface area contributed by atoms with Crippen molar-refractivity contribution >= 4 is 39.6 Å². The average molecular weight is 329 g/mol. The van der Waals surface area contributed by atoms with E-state index in [1.54, 1.807) is 12.1 Å². The highest BCUT2D eigenvalue weighted by molar-refractivity contribution is 6.32. The van der Waals surface area contributed by atoms with Gasteiger partial charge in [-0.3, -0.25) is 4.79 Å². The molecule has 3 rings (SSSR count). The van der Waals surface area contributed by atoms with E-state index in [1.807, 2.05) is 43.3 Å². The predicted octanol–water partition coefficient (Wildman–Crippen LogP) is 2.73. The van der Waals surface area contributed by atoms with Crippen LogP contribution in [-0.4, -0.2) is 48.0 Å². The lowest BCUT2D eigenvalue weighted by molar-refractivity contribution is 0.0952. The molecular formula is C17H17ClN4O. The summed E-state index contributed by atoms with van der Waals surface area (Å²) in [6.45, 7) is 1.32. The third-order valence-corrected chi connectivity index (χ3v) is 3.72. The molecule has 0 aliphatic carbocycles. The molecule has 6 heteroatoms. The molecule has 5 nitrogen and oxygen atoms in total. The Hall–Kier alpha value is -2.24. The number of amides is 1. The molecular weight excluding hydrogens is 312 g/mol. The second-order valence-electron chi connectivity index (χ2n) is 5.59. The second kappa shape index (κ2) is 6.48. The van der Waals surface area contributed by atoms with Gasteiger partial charge in [-0.2, -0.15) is 0 Å². The van der Waals surface area contributed by atoms with Crippen LogP contribution in [0.3, 0.4) is 0 Å².